The molecule has 1 unspecified atom stereocenters. The molecule has 1 N–H and O–H groups in total. The van der Waals surface area contributed by atoms with Crippen molar-refractivity contribution in [3.05, 3.63) is 41.7 Å². The number of hydrogen-bond acceptors (Lipinski definition) is 5. The zero-order chi connectivity index (χ0) is 21.3. The van der Waals surface area contributed by atoms with E-state index in [9.17, 15) is 0 Å². The number of aryl methyl sites for hydroxylation is 1. The third kappa shape index (κ3) is 6.99. The highest BCUT2D eigenvalue weighted by molar-refractivity contribution is 14.0. The largest absolute Gasteiger partial charge is 0.490 e. The highest BCUT2D eigenvalue weighted by Gasteiger charge is 2.25. The van der Waals surface area contributed by atoms with Crippen molar-refractivity contribution in [2.24, 2.45) is 12.0 Å². The molecule has 0 saturated carbocycles. The first-order chi connectivity index (χ1) is 14.6. The van der Waals surface area contributed by atoms with E-state index in [0.717, 1.165) is 49.1 Å². The van der Waals surface area contributed by atoms with Gasteiger partial charge in [0, 0.05) is 38.9 Å². The van der Waals surface area contributed by atoms with Crippen LogP contribution in [-0.4, -0.2) is 67.1 Å². The van der Waals surface area contributed by atoms with Crippen LogP contribution in [0.5, 0.6) is 11.5 Å². The predicted octanol–water partition coefficient (Wildman–Crippen LogP) is 3.03. The summed E-state index contributed by atoms with van der Waals surface area (Å²) in [5.41, 5.74) is 2.29. The number of morpholine rings is 1. The lowest BCUT2D eigenvalue weighted by molar-refractivity contribution is -0.00800. The molecule has 1 aromatic carbocycles. The Morgan fingerprint density at radius 1 is 1.26 bits per heavy atom. The summed E-state index contributed by atoms with van der Waals surface area (Å²) in [6.45, 7) is 8.20. The van der Waals surface area contributed by atoms with E-state index in [0.29, 0.717) is 19.8 Å². The van der Waals surface area contributed by atoms with Gasteiger partial charge in [-0.15, -0.1) is 24.0 Å². The molecule has 0 bridgehead atoms. The van der Waals surface area contributed by atoms with Crippen molar-refractivity contribution >= 4 is 29.9 Å². The Labute approximate surface area is 202 Å². The average molecular weight is 543 g/mol. The predicted molar refractivity (Wildman–Crippen MR) is 133 cm³/mol. The number of ether oxygens (including phenoxy) is 3. The van der Waals surface area contributed by atoms with Gasteiger partial charge in [0.2, 0.25) is 0 Å². The molecule has 1 saturated heterocycles. The molecule has 1 aromatic heterocycles. The summed E-state index contributed by atoms with van der Waals surface area (Å²) >= 11 is 0. The van der Waals surface area contributed by atoms with Crippen LogP contribution in [0.1, 0.15) is 31.1 Å². The van der Waals surface area contributed by atoms with E-state index in [1.807, 2.05) is 46.4 Å². The Bertz CT molecular complexity index is 842. The average Bonchev–Trinajstić information content (AvgIpc) is 3.20. The maximum atomic E-state index is 5.94. The van der Waals surface area contributed by atoms with Gasteiger partial charge in [-0.05, 0) is 38.0 Å². The number of aromatic nitrogens is 2. The van der Waals surface area contributed by atoms with E-state index in [1.54, 1.807) is 4.68 Å². The zero-order valence-corrected chi connectivity index (χ0v) is 21.2. The first kappa shape index (κ1) is 25.3. The van der Waals surface area contributed by atoms with Crippen molar-refractivity contribution in [2.45, 2.75) is 26.4 Å². The van der Waals surface area contributed by atoms with Crippen molar-refractivity contribution < 1.29 is 14.2 Å². The Kier molecular flexibility index (Phi) is 10.4. The van der Waals surface area contributed by atoms with Crippen LogP contribution < -0.4 is 14.8 Å². The number of aliphatic imine (C=N–C) groups is 1. The fourth-order valence-corrected chi connectivity index (χ4v) is 3.55. The van der Waals surface area contributed by atoms with Crippen LogP contribution in [0.4, 0.5) is 0 Å². The van der Waals surface area contributed by atoms with Crippen LogP contribution >= 0.6 is 24.0 Å². The Hall–Kier alpha value is -2.01. The molecule has 3 rings (SSSR count). The van der Waals surface area contributed by atoms with Crippen LogP contribution in [-0.2, 0) is 18.2 Å². The second-order valence-corrected chi connectivity index (χ2v) is 7.12. The molecule has 0 radical (unpaired) electrons. The second-order valence-electron chi connectivity index (χ2n) is 7.12. The van der Waals surface area contributed by atoms with Gasteiger partial charge in [0.15, 0.2) is 17.5 Å². The number of guanidine groups is 1. The van der Waals surface area contributed by atoms with Crippen LogP contribution in [0.25, 0.3) is 0 Å². The van der Waals surface area contributed by atoms with Gasteiger partial charge in [0.25, 0.3) is 0 Å². The molecule has 1 atom stereocenters. The summed E-state index contributed by atoms with van der Waals surface area (Å²) in [4.78, 5) is 6.71. The first-order valence-corrected chi connectivity index (χ1v) is 10.6. The summed E-state index contributed by atoms with van der Waals surface area (Å²) in [5, 5.41) is 7.74. The molecular formula is C22H34IN5O3. The lowest BCUT2D eigenvalue weighted by Gasteiger charge is -2.34. The molecule has 0 aliphatic carbocycles. The summed E-state index contributed by atoms with van der Waals surface area (Å²) in [6, 6.07) is 6.14. The highest BCUT2D eigenvalue weighted by Crippen LogP contribution is 2.28. The number of benzene rings is 1. The number of rotatable bonds is 8. The van der Waals surface area contributed by atoms with E-state index in [-0.39, 0.29) is 30.1 Å². The number of hydrogen-bond donors (Lipinski definition) is 1. The number of halogens is 1. The molecule has 172 valence electrons. The van der Waals surface area contributed by atoms with Gasteiger partial charge in [-0.3, -0.25) is 9.67 Å². The first-order valence-electron chi connectivity index (χ1n) is 10.6. The van der Waals surface area contributed by atoms with Crippen LogP contribution in [0, 0.1) is 0 Å². The van der Waals surface area contributed by atoms with E-state index in [2.05, 4.69) is 32.4 Å². The molecule has 9 heteroatoms. The van der Waals surface area contributed by atoms with Gasteiger partial charge in [0.05, 0.1) is 32.6 Å². The van der Waals surface area contributed by atoms with Crippen molar-refractivity contribution in [3.63, 3.8) is 0 Å². The van der Waals surface area contributed by atoms with E-state index in [4.69, 9.17) is 14.2 Å². The SMILES string of the molecule is CCOc1ccc(CCNC(=NC)N2CCOC(c3cnn(C)c3)C2)cc1OCC.I. The van der Waals surface area contributed by atoms with Crippen LogP contribution in [0.3, 0.4) is 0 Å². The minimum absolute atomic E-state index is 0. The smallest absolute Gasteiger partial charge is 0.193 e. The molecule has 0 amide bonds. The van der Waals surface area contributed by atoms with Gasteiger partial charge < -0.3 is 24.4 Å². The maximum Gasteiger partial charge on any atom is 0.193 e. The van der Waals surface area contributed by atoms with Crippen molar-refractivity contribution in [1.82, 2.24) is 20.0 Å². The van der Waals surface area contributed by atoms with Crippen molar-refractivity contribution in [3.8, 4) is 11.5 Å². The second kappa shape index (κ2) is 12.7. The Morgan fingerprint density at radius 3 is 2.71 bits per heavy atom. The van der Waals surface area contributed by atoms with Gasteiger partial charge in [-0.1, -0.05) is 6.07 Å². The lowest BCUT2D eigenvalue weighted by Crippen LogP contribution is -2.48. The normalized spacial score (nSPS) is 16.6. The monoisotopic (exact) mass is 543 g/mol. The molecule has 0 spiro atoms. The topological polar surface area (TPSA) is 73.1 Å². The number of nitrogens with zero attached hydrogens (tertiary/aromatic N) is 4. The molecule has 1 fully saturated rings. The van der Waals surface area contributed by atoms with Crippen molar-refractivity contribution in [1.29, 1.82) is 0 Å². The molecule has 31 heavy (non-hydrogen) atoms. The molecule has 1 aliphatic rings. The fraction of sp³-hybridized carbons (Fsp3) is 0.545. The molecule has 2 heterocycles. The van der Waals surface area contributed by atoms with E-state index < -0.39 is 0 Å². The Balaban J connectivity index is 0.00000341. The summed E-state index contributed by atoms with van der Waals surface area (Å²) in [6.07, 6.45) is 4.74. The third-order valence-electron chi connectivity index (χ3n) is 4.98. The lowest BCUT2D eigenvalue weighted by atomic mass is 10.1. The molecular weight excluding hydrogens is 509 g/mol. The Morgan fingerprint density at radius 2 is 2.03 bits per heavy atom. The minimum atomic E-state index is 0. The summed E-state index contributed by atoms with van der Waals surface area (Å²) < 4.78 is 19.1. The maximum absolute atomic E-state index is 5.94. The standard InChI is InChI=1S/C22H33N5O3.HI/c1-5-28-19-8-7-17(13-20(19)29-6-2)9-10-24-22(23-3)27-11-12-30-21(16-27)18-14-25-26(4)15-18;/h7-8,13-15,21H,5-6,9-12,16H2,1-4H3,(H,23,24);1H. The molecule has 1 aliphatic heterocycles. The van der Waals surface area contributed by atoms with Crippen LogP contribution in [0.15, 0.2) is 35.6 Å². The van der Waals surface area contributed by atoms with Gasteiger partial charge in [-0.2, -0.15) is 5.10 Å². The van der Waals surface area contributed by atoms with Crippen molar-refractivity contribution in [2.75, 3.05) is 46.5 Å². The summed E-state index contributed by atoms with van der Waals surface area (Å²) in [5.74, 6) is 2.48. The fourth-order valence-electron chi connectivity index (χ4n) is 3.55. The highest BCUT2D eigenvalue weighted by atomic mass is 127. The van der Waals surface area contributed by atoms with Crippen LogP contribution in [0.2, 0.25) is 0 Å². The number of nitrogens with one attached hydrogen (secondary N) is 1. The van der Waals surface area contributed by atoms with E-state index in [1.165, 1.54) is 5.56 Å². The van der Waals surface area contributed by atoms with Gasteiger partial charge in [0.1, 0.15) is 6.10 Å². The van der Waals surface area contributed by atoms with E-state index >= 15 is 0 Å². The molecule has 8 nitrogen and oxygen atoms in total. The zero-order valence-electron chi connectivity index (χ0n) is 18.8. The molecule has 2 aromatic rings. The van der Waals surface area contributed by atoms with Gasteiger partial charge in [-0.25, -0.2) is 0 Å². The van der Waals surface area contributed by atoms with Gasteiger partial charge >= 0.3 is 0 Å². The third-order valence-corrected chi connectivity index (χ3v) is 4.98. The quantitative estimate of drug-likeness (QED) is 0.314. The minimum Gasteiger partial charge on any atom is -0.490 e. The summed E-state index contributed by atoms with van der Waals surface area (Å²) in [7, 11) is 3.74.